The molecule has 3 nitrogen and oxygen atoms in total. The first-order chi connectivity index (χ1) is 8.77. The Bertz CT molecular complexity index is 451. The number of amides is 1. The normalized spacial score (nSPS) is 18.4. The van der Waals surface area contributed by atoms with Gasteiger partial charge < -0.3 is 4.90 Å². The van der Waals surface area contributed by atoms with Gasteiger partial charge >= 0.3 is 0 Å². The smallest absolute Gasteiger partial charge is 0.243 e. The van der Waals surface area contributed by atoms with Crippen molar-refractivity contribution < 1.29 is 4.79 Å². The minimum Gasteiger partial charge on any atom is -0.340 e. The summed E-state index contributed by atoms with van der Waals surface area (Å²) in [5.41, 5.74) is 1.15. The summed E-state index contributed by atoms with van der Waals surface area (Å²) in [5.74, 6) is 0.112. The highest BCUT2D eigenvalue weighted by Crippen LogP contribution is 2.03. The number of nitrogens with one attached hydrogen (secondary N) is 1. The molecule has 0 radical (unpaired) electrons. The molecule has 0 aromatic heterocycles. The molecule has 0 spiro atoms. The summed E-state index contributed by atoms with van der Waals surface area (Å²) in [6.07, 6.45) is 7.93. The van der Waals surface area contributed by atoms with Crippen LogP contribution < -0.4 is 5.32 Å². The predicted molar refractivity (Wildman–Crippen MR) is 74.0 cm³/mol. The molecule has 1 N–H and O–H groups in total. The molecule has 1 atom stereocenters. The van der Waals surface area contributed by atoms with Gasteiger partial charge in [-0.25, -0.2) is 0 Å². The average molecular weight is 242 g/mol. The van der Waals surface area contributed by atoms with Crippen LogP contribution in [0.25, 0.3) is 6.08 Å². The van der Waals surface area contributed by atoms with Crippen LogP contribution in [0.1, 0.15) is 5.56 Å². The van der Waals surface area contributed by atoms with Crippen molar-refractivity contribution in [3.8, 4) is 0 Å². The van der Waals surface area contributed by atoms with Crippen LogP contribution in [-0.2, 0) is 4.79 Å². The first-order valence-electron chi connectivity index (χ1n) is 6.14. The van der Waals surface area contributed by atoms with Crippen LogP contribution in [0.2, 0.25) is 0 Å². The van der Waals surface area contributed by atoms with Gasteiger partial charge in [-0.1, -0.05) is 54.6 Å². The van der Waals surface area contributed by atoms with Crippen molar-refractivity contribution in [1.82, 2.24) is 10.2 Å². The Morgan fingerprint density at radius 1 is 1.44 bits per heavy atom. The van der Waals surface area contributed by atoms with Crippen molar-refractivity contribution >= 4 is 12.0 Å². The lowest BCUT2D eigenvalue weighted by atomic mass is 10.2. The average Bonchev–Trinajstić information content (AvgIpc) is 2.93. The molecule has 1 aromatic carbocycles. The summed E-state index contributed by atoms with van der Waals surface area (Å²) in [5, 5.41) is 3.12. The zero-order chi connectivity index (χ0) is 12.8. The molecular formula is C15H18N2O. The number of benzene rings is 1. The zero-order valence-electron chi connectivity index (χ0n) is 10.5. The van der Waals surface area contributed by atoms with Gasteiger partial charge in [-0.15, -0.1) is 0 Å². The highest BCUT2D eigenvalue weighted by atomic mass is 16.2. The second-order valence-electron chi connectivity index (χ2n) is 4.35. The molecule has 1 aromatic rings. The Morgan fingerprint density at radius 3 is 2.89 bits per heavy atom. The topological polar surface area (TPSA) is 32.3 Å². The summed E-state index contributed by atoms with van der Waals surface area (Å²) in [6, 6.07) is 9.92. The van der Waals surface area contributed by atoms with E-state index in [2.05, 4.69) is 5.32 Å². The Kier molecular flexibility index (Phi) is 4.31. The van der Waals surface area contributed by atoms with E-state index in [1.54, 1.807) is 4.90 Å². The Hall–Kier alpha value is -1.87. The maximum Gasteiger partial charge on any atom is 0.243 e. The van der Waals surface area contributed by atoms with Crippen molar-refractivity contribution in [1.29, 1.82) is 0 Å². The minimum absolute atomic E-state index is 0.112. The molecule has 0 aliphatic carbocycles. The molecule has 94 valence electrons. The van der Waals surface area contributed by atoms with Gasteiger partial charge in [0.25, 0.3) is 0 Å². The number of carbonyl (C=O) groups is 1. The van der Waals surface area contributed by atoms with E-state index in [4.69, 9.17) is 0 Å². The van der Waals surface area contributed by atoms with Crippen LogP contribution in [0.3, 0.4) is 0 Å². The Labute approximate surface area is 108 Å². The van der Waals surface area contributed by atoms with E-state index in [9.17, 15) is 4.79 Å². The highest BCUT2D eigenvalue weighted by molar-refractivity contribution is 5.84. The summed E-state index contributed by atoms with van der Waals surface area (Å²) in [7, 11) is 1.82. The van der Waals surface area contributed by atoms with E-state index >= 15 is 0 Å². The number of nitrogens with zero attached hydrogens (tertiary/aromatic N) is 1. The first kappa shape index (κ1) is 12.6. The number of rotatable bonds is 4. The molecule has 1 heterocycles. The fourth-order valence-corrected chi connectivity index (χ4v) is 1.88. The van der Waals surface area contributed by atoms with Crippen molar-refractivity contribution in [3.05, 3.63) is 54.1 Å². The third kappa shape index (κ3) is 3.31. The quantitative estimate of drug-likeness (QED) is 0.815. The van der Waals surface area contributed by atoms with Gasteiger partial charge in [-0.3, -0.25) is 10.1 Å². The van der Waals surface area contributed by atoms with E-state index in [0.717, 1.165) is 12.1 Å². The van der Waals surface area contributed by atoms with Gasteiger partial charge in [-0.2, -0.15) is 0 Å². The van der Waals surface area contributed by atoms with Crippen molar-refractivity contribution in [2.24, 2.45) is 0 Å². The molecule has 1 aliphatic heterocycles. The molecule has 1 aliphatic rings. The first-order valence-corrected chi connectivity index (χ1v) is 6.14. The van der Waals surface area contributed by atoms with E-state index in [0.29, 0.717) is 6.54 Å². The zero-order valence-corrected chi connectivity index (χ0v) is 10.5. The molecule has 0 bridgehead atoms. The van der Waals surface area contributed by atoms with Gasteiger partial charge in [0.2, 0.25) is 5.91 Å². The summed E-state index contributed by atoms with van der Waals surface area (Å²) < 4.78 is 0. The molecule has 0 fully saturated rings. The molecule has 18 heavy (non-hydrogen) atoms. The van der Waals surface area contributed by atoms with E-state index in [1.165, 1.54) is 0 Å². The van der Waals surface area contributed by atoms with Crippen LogP contribution in [0.4, 0.5) is 0 Å². The Morgan fingerprint density at radius 2 is 2.22 bits per heavy atom. The maximum atomic E-state index is 12.0. The molecule has 0 unspecified atom stereocenters. The minimum atomic E-state index is -0.153. The monoisotopic (exact) mass is 242 g/mol. The van der Waals surface area contributed by atoms with Crippen LogP contribution >= 0.6 is 0 Å². The van der Waals surface area contributed by atoms with Crippen molar-refractivity contribution in [3.63, 3.8) is 0 Å². The van der Waals surface area contributed by atoms with Crippen LogP contribution in [-0.4, -0.2) is 37.0 Å². The van der Waals surface area contributed by atoms with Crippen LogP contribution in [0.15, 0.2) is 48.6 Å². The SMILES string of the molecule is CN(C/C=C/c1ccccc1)C(=O)[C@H]1C=CCN1. The van der Waals surface area contributed by atoms with E-state index in [1.807, 2.05) is 61.7 Å². The molecule has 1 amide bonds. The lowest BCUT2D eigenvalue weighted by Gasteiger charge is -2.18. The largest absolute Gasteiger partial charge is 0.340 e. The maximum absolute atomic E-state index is 12.0. The number of hydrogen-bond donors (Lipinski definition) is 1. The molecule has 0 saturated heterocycles. The fraction of sp³-hybridized carbons (Fsp3) is 0.267. The van der Waals surface area contributed by atoms with Gasteiger partial charge in [0.05, 0.1) is 0 Å². The van der Waals surface area contributed by atoms with Crippen molar-refractivity contribution in [2.75, 3.05) is 20.1 Å². The predicted octanol–water partition coefficient (Wildman–Crippen LogP) is 1.69. The third-order valence-electron chi connectivity index (χ3n) is 2.92. The van der Waals surface area contributed by atoms with E-state index < -0.39 is 0 Å². The second-order valence-corrected chi connectivity index (χ2v) is 4.35. The lowest BCUT2D eigenvalue weighted by Crippen LogP contribution is -2.41. The summed E-state index contributed by atoms with van der Waals surface area (Å²) >= 11 is 0. The summed E-state index contributed by atoms with van der Waals surface area (Å²) in [6.45, 7) is 1.41. The van der Waals surface area contributed by atoms with E-state index in [-0.39, 0.29) is 11.9 Å². The van der Waals surface area contributed by atoms with Gasteiger partial charge in [-0.05, 0) is 5.56 Å². The molecule has 3 heteroatoms. The number of carbonyl (C=O) groups excluding carboxylic acids is 1. The number of likely N-dealkylation sites (N-methyl/N-ethyl adjacent to an activating group) is 1. The highest BCUT2D eigenvalue weighted by Gasteiger charge is 2.20. The molecule has 2 rings (SSSR count). The summed E-state index contributed by atoms with van der Waals surface area (Å²) in [4.78, 5) is 13.7. The van der Waals surface area contributed by atoms with Crippen molar-refractivity contribution in [2.45, 2.75) is 6.04 Å². The lowest BCUT2D eigenvalue weighted by molar-refractivity contribution is -0.130. The van der Waals surface area contributed by atoms with Gasteiger partial charge in [0.15, 0.2) is 0 Å². The standard InChI is InChI=1S/C15H18N2O/c1-17(15(18)14-10-5-11-16-14)12-6-9-13-7-3-2-4-8-13/h2-10,14,16H,11-12H2,1H3/b9-6+/t14-/m1/s1. The number of hydrogen-bond acceptors (Lipinski definition) is 2. The molecular weight excluding hydrogens is 224 g/mol. The van der Waals surface area contributed by atoms with Crippen LogP contribution in [0.5, 0.6) is 0 Å². The van der Waals surface area contributed by atoms with Gasteiger partial charge in [0, 0.05) is 20.1 Å². The van der Waals surface area contributed by atoms with Gasteiger partial charge in [0.1, 0.15) is 6.04 Å². The molecule has 0 saturated carbocycles. The Balaban J connectivity index is 1.84. The fourth-order valence-electron chi connectivity index (χ4n) is 1.88. The second kappa shape index (κ2) is 6.17. The van der Waals surface area contributed by atoms with Crippen LogP contribution in [0, 0.1) is 0 Å². The third-order valence-corrected chi connectivity index (χ3v) is 2.92.